The van der Waals surface area contributed by atoms with Gasteiger partial charge >= 0.3 is 16.8 Å². The van der Waals surface area contributed by atoms with Crippen LogP contribution in [0.25, 0.3) is 0 Å². The fourth-order valence-corrected chi connectivity index (χ4v) is 0. The first-order chi connectivity index (χ1) is 0. The molecule has 0 rings (SSSR count). The second kappa shape index (κ2) is 70.5. The van der Waals surface area contributed by atoms with Crippen LogP contribution in [-0.4, -0.2) is 18.9 Å². The standard InChI is InChI=1S/3CH3.Co.Li/h3*1H3;;/q3*-1;+3;. The van der Waals surface area contributed by atoms with Crippen molar-refractivity contribution >= 4 is 18.9 Å². The third-order valence-electron chi connectivity index (χ3n) is 0. The van der Waals surface area contributed by atoms with Crippen LogP contribution < -0.4 is 0 Å². The van der Waals surface area contributed by atoms with Gasteiger partial charge in [0.05, 0.1) is 0 Å². The predicted molar refractivity (Wildman–Crippen MR) is 25.0 cm³/mol. The van der Waals surface area contributed by atoms with E-state index in [-0.39, 0.29) is 57.9 Å². The van der Waals surface area contributed by atoms with Crippen molar-refractivity contribution < 1.29 is 16.8 Å². The first-order valence-electron chi connectivity index (χ1n) is 0. The summed E-state index contributed by atoms with van der Waals surface area (Å²) in [6.45, 7) is 0. The van der Waals surface area contributed by atoms with Crippen molar-refractivity contribution in [3.05, 3.63) is 22.3 Å². The van der Waals surface area contributed by atoms with Gasteiger partial charge < -0.3 is 22.3 Å². The Bertz CT molecular complexity index is 6.85. The summed E-state index contributed by atoms with van der Waals surface area (Å²) in [6.07, 6.45) is 0. The zero-order valence-electron chi connectivity index (χ0n) is 4.33. The minimum atomic E-state index is 0. The molecule has 0 atom stereocenters. The maximum atomic E-state index is 0. The summed E-state index contributed by atoms with van der Waals surface area (Å²) in [7, 11) is 0. The number of hydrogen-bond acceptors (Lipinski definition) is 0. The Labute approximate surface area is 58.1 Å². The van der Waals surface area contributed by atoms with Crippen LogP contribution in [0.5, 0.6) is 0 Å². The molecule has 0 N–H and O–H groups in total. The monoisotopic (exact) mass is 111 g/mol. The molecular weight excluding hydrogens is 102 g/mol. The molecule has 0 unspecified atom stereocenters. The maximum absolute atomic E-state index is 0. The van der Waals surface area contributed by atoms with Gasteiger partial charge in [-0.25, -0.2) is 0 Å². The third kappa shape index (κ3) is 40.4. The molecule has 0 saturated carbocycles. The van der Waals surface area contributed by atoms with E-state index in [0.29, 0.717) is 0 Å². The molecule has 0 amide bonds. The SMILES string of the molecule is [CH3-].[CH3-].[CH3-].[Co+3].[Li]. The molecule has 0 nitrogen and oxygen atoms in total. The van der Waals surface area contributed by atoms with Gasteiger partial charge in [0.2, 0.25) is 0 Å². The summed E-state index contributed by atoms with van der Waals surface area (Å²) in [5.74, 6) is 0. The zero-order chi connectivity index (χ0) is 0. The van der Waals surface area contributed by atoms with Gasteiger partial charge in [-0.1, -0.05) is 0 Å². The van der Waals surface area contributed by atoms with Gasteiger partial charge in [-0.3, -0.25) is 0 Å². The van der Waals surface area contributed by atoms with Crippen LogP contribution in [0, 0.1) is 22.3 Å². The van der Waals surface area contributed by atoms with Gasteiger partial charge in [-0.2, -0.15) is 0 Å². The van der Waals surface area contributed by atoms with Crippen molar-refractivity contribution in [1.82, 2.24) is 0 Å². The Morgan fingerprint density at radius 1 is 0.600 bits per heavy atom. The average Bonchev–Trinajstić information content (AvgIpc) is 0. The quantitative estimate of drug-likeness (QED) is 0.322. The van der Waals surface area contributed by atoms with Crippen LogP contribution in [0.1, 0.15) is 0 Å². The fraction of sp³-hybridized carbons (Fsp3) is 0. The molecule has 1 radical (unpaired) electrons. The van der Waals surface area contributed by atoms with Gasteiger partial charge in [-0.15, -0.1) is 0 Å². The van der Waals surface area contributed by atoms with E-state index in [2.05, 4.69) is 0 Å². The smallest absolute Gasteiger partial charge is 0.358 e. The second-order valence-electron chi connectivity index (χ2n) is 0. The van der Waals surface area contributed by atoms with E-state index in [4.69, 9.17) is 0 Å². The topological polar surface area (TPSA) is 0 Å². The minimum absolute atomic E-state index is 0. The van der Waals surface area contributed by atoms with Gasteiger partial charge in [0.1, 0.15) is 0 Å². The summed E-state index contributed by atoms with van der Waals surface area (Å²) in [5.41, 5.74) is 0. The molecule has 0 fully saturated rings. The van der Waals surface area contributed by atoms with Crippen molar-refractivity contribution in [3.8, 4) is 0 Å². The second-order valence-corrected chi connectivity index (χ2v) is 0. The summed E-state index contributed by atoms with van der Waals surface area (Å²) in [6, 6.07) is 0. The molecule has 0 aromatic carbocycles. The Morgan fingerprint density at radius 3 is 0.600 bits per heavy atom. The largest absolute Gasteiger partial charge is 3.00 e. The molecule has 0 spiro atoms. The first-order valence-corrected chi connectivity index (χ1v) is 0. The molecule has 0 bridgehead atoms. The summed E-state index contributed by atoms with van der Waals surface area (Å²) < 4.78 is 0. The predicted octanol–water partition coefficient (Wildman–Crippen LogP) is 0.968. The molecule has 0 saturated heterocycles. The minimum Gasteiger partial charge on any atom is -0.358 e. The summed E-state index contributed by atoms with van der Waals surface area (Å²) >= 11 is 0. The van der Waals surface area contributed by atoms with Crippen LogP contribution in [0.3, 0.4) is 0 Å². The molecule has 0 heterocycles. The first kappa shape index (κ1) is 130. The van der Waals surface area contributed by atoms with Gasteiger partial charge in [-0.05, 0) is 0 Å². The average molecular weight is 111 g/mol. The van der Waals surface area contributed by atoms with E-state index in [9.17, 15) is 0 Å². The molecule has 31 valence electrons. The van der Waals surface area contributed by atoms with Crippen molar-refractivity contribution in [2.75, 3.05) is 0 Å². The molecule has 0 aliphatic rings. The van der Waals surface area contributed by atoms with Crippen LogP contribution in [0.2, 0.25) is 0 Å². The van der Waals surface area contributed by atoms with E-state index in [1.54, 1.807) is 0 Å². The van der Waals surface area contributed by atoms with E-state index < -0.39 is 0 Å². The van der Waals surface area contributed by atoms with Crippen molar-refractivity contribution in [1.29, 1.82) is 0 Å². The molecule has 0 aromatic heterocycles. The number of rotatable bonds is 0. The van der Waals surface area contributed by atoms with Crippen LogP contribution in [-0.2, 0) is 16.8 Å². The Morgan fingerprint density at radius 2 is 0.600 bits per heavy atom. The number of hydrogen-bond donors (Lipinski definition) is 0. The van der Waals surface area contributed by atoms with E-state index in [1.807, 2.05) is 0 Å². The van der Waals surface area contributed by atoms with Gasteiger partial charge in [0.15, 0.2) is 0 Å². The zero-order valence-corrected chi connectivity index (χ0v) is 5.37. The van der Waals surface area contributed by atoms with Crippen LogP contribution in [0.15, 0.2) is 0 Å². The Balaban J connectivity index is 0. The molecular formula is C3H9CoLi. The fourth-order valence-electron chi connectivity index (χ4n) is 0. The van der Waals surface area contributed by atoms with Crippen LogP contribution in [0.4, 0.5) is 0 Å². The maximum Gasteiger partial charge on any atom is 3.00 e. The Kier molecular flexibility index (Phi) is 1840. The van der Waals surface area contributed by atoms with Crippen molar-refractivity contribution in [2.45, 2.75) is 0 Å². The molecule has 2 heteroatoms. The van der Waals surface area contributed by atoms with E-state index in [0.717, 1.165) is 0 Å². The summed E-state index contributed by atoms with van der Waals surface area (Å²) in [5, 5.41) is 0. The molecule has 0 aromatic rings. The van der Waals surface area contributed by atoms with Crippen LogP contribution >= 0.6 is 0 Å². The molecule has 0 aliphatic heterocycles. The third-order valence-corrected chi connectivity index (χ3v) is 0. The van der Waals surface area contributed by atoms with E-state index in [1.165, 1.54) is 0 Å². The normalized spacial score (nSPS) is 0. The van der Waals surface area contributed by atoms with Gasteiger partial charge in [0, 0.05) is 18.9 Å². The Hall–Kier alpha value is 1.10. The van der Waals surface area contributed by atoms with Crippen molar-refractivity contribution in [3.63, 3.8) is 0 Å². The molecule has 0 aliphatic carbocycles. The summed E-state index contributed by atoms with van der Waals surface area (Å²) in [4.78, 5) is 0. The van der Waals surface area contributed by atoms with Gasteiger partial charge in [0.25, 0.3) is 0 Å². The van der Waals surface area contributed by atoms with Crippen molar-refractivity contribution in [2.24, 2.45) is 0 Å². The van der Waals surface area contributed by atoms with E-state index >= 15 is 0 Å². The molecule has 5 heavy (non-hydrogen) atoms.